The molecule has 0 aliphatic rings. The Balaban J connectivity index is 1.42. The zero-order valence-electron chi connectivity index (χ0n) is 25.2. The van der Waals surface area contributed by atoms with E-state index in [-0.39, 0.29) is 18.4 Å². The van der Waals surface area contributed by atoms with Gasteiger partial charge in [-0.3, -0.25) is 0 Å². The van der Waals surface area contributed by atoms with Crippen LogP contribution in [0.15, 0.2) is 91.3 Å². The number of ether oxygens (including phenoxy) is 2. The highest BCUT2D eigenvalue weighted by atomic mass is 16.6. The third-order valence-corrected chi connectivity index (χ3v) is 6.58. The largest absolute Gasteiger partial charge is 0.458 e. The highest BCUT2D eigenvalue weighted by Crippen LogP contribution is 2.26. The molecule has 0 unspecified atom stereocenters. The predicted octanol–water partition coefficient (Wildman–Crippen LogP) is 7.29. The van der Waals surface area contributed by atoms with Crippen LogP contribution in [0.3, 0.4) is 0 Å². The van der Waals surface area contributed by atoms with E-state index in [9.17, 15) is 9.59 Å². The molecule has 0 radical (unpaired) electrons. The van der Waals surface area contributed by atoms with Crippen molar-refractivity contribution in [2.75, 3.05) is 0 Å². The standard InChI is InChI=1S/C35H39N3O4/c1-34(2,3)29-18-16-26(17-19-29)28-21-36-31(37-22-28)27-14-12-24(13-15-27)20-30(32(39)42-35(4,5)6)38-33(40)41-23-25-10-8-7-9-11-25/h7-19,21-22,30H,20,23H2,1-6H3,(H,38,40)/t30-/m0/s1. The molecule has 1 heterocycles. The van der Waals surface area contributed by atoms with Crippen molar-refractivity contribution in [1.29, 1.82) is 0 Å². The summed E-state index contributed by atoms with van der Waals surface area (Å²) in [5.41, 5.74) is 5.22. The highest BCUT2D eigenvalue weighted by Gasteiger charge is 2.27. The minimum Gasteiger partial charge on any atom is -0.458 e. The summed E-state index contributed by atoms with van der Waals surface area (Å²) in [6, 6.07) is 24.5. The first-order chi connectivity index (χ1) is 19.9. The highest BCUT2D eigenvalue weighted by molar-refractivity contribution is 5.82. The number of alkyl carbamates (subject to hydrolysis) is 1. The molecule has 0 bridgehead atoms. The zero-order chi connectivity index (χ0) is 30.3. The van der Waals surface area contributed by atoms with Crippen molar-refractivity contribution < 1.29 is 19.1 Å². The molecule has 3 aromatic carbocycles. The average Bonchev–Trinajstić information content (AvgIpc) is 2.95. The van der Waals surface area contributed by atoms with Crippen molar-refractivity contribution in [3.8, 4) is 22.5 Å². The topological polar surface area (TPSA) is 90.4 Å². The second kappa shape index (κ2) is 13.0. The second-order valence-corrected chi connectivity index (χ2v) is 12.3. The molecular weight excluding hydrogens is 526 g/mol. The maximum absolute atomic E-state index is 13.0. The number of nitrogens with zero attached hydrogens (tertiary/aromatic N) is 2. The molecule has 7 nitrogen and oxygen atoms in total. The first-order valence-corrected chi connectivity index (χ1v) is 14.1. The van der Waals surface area contributed by atoms with Gasteiger partial charge in [0.1, 0.15) is 18.2 Å². The Hall–Kier alpha value is -4.52. The SMILES string of the molecule is CC(C)(C)OC(=O)[C@H](Cc1ccc(-c2ncc(-c3ccc(C(C)(C)C)cc3)cn2)cc1)NC(=O)OCc1ccccc1. The number of amides is 1. The van der Waals surface area contributed by atoms with Crippen LogP contribution in [0.4, 0.5) is 4.79 Å². The van der Waals surface area contributed by atoms with Gasteiger partial charge in [-0.25, -0.2) is 19.6 Å². The Bertz CT molecular complexity index is 1470. The lowest BCUT2D eigenvalue weighted by Gasteiger charge is -2.24. The molecule has 1 amide bonds. The first kappa shape index (κ1) is 30.4. The van der Waals surface area contributed by atoms with Gasteiger partial charge in [0.25, 0.3) is 0 Å². The van der Waals surface area contributed by atoms with Gasteiger partial charge in [-0.05, 0) is 48.4 Å². The van der Waals surface area contributed by atoms with E-state index in [0.717, 1.165) is 27.8 Å². The molecule has 0 fully saturated rings. The van der Waals surface area contributed by atoms with Crippen LogP contribution >= 0.6 is 0 Å². The number of hydrogen-bond acceptors (Lipinski definition) is 6. The molecule has 0 saturated carbocycles. The summed E-state index contributed by atoms with van der Waals surface area (Å²) < 4.78 is 10.9. The van der Waals surface area contributed by atoms with Gasteiger partial charge < -0.3 is 14.8 Å². The van der Waals surface area contributed by atoms with Crippen LogP contribution in [-0.4, -0.2) is 33.7 Å². The summed E-state index contributed by atoms with van der Waals surface area (Å²) in [7, 11) is 0. The van der Waals surface area contributed by atoms with Gasteiger partial charge in [0.2, 0.25) is 0 Å². The minimum absolute atomic E-state index is 0.0969. The smallest absolute Gasteiger partial charge is 0.408 e. The van der Waals surface area contributed by atoms with Crippen molar-refractivity contribution >= 4 is 12.1 Å². The van der Waals surface area contributed by atoms with Gasteiger partial charge in [-0.15, -0.1) is 0 Å². The normalized spacial score (nSPS) is 12.3. The molecule has 0 saturated heterocycles. The molecule has 1 atom stereocenters. The number of rotatable bonds is 8. The minimum atomic E-state index is -0.918. The van der Waals surface area contributed by atoms with E-state index in [1.54, 1.807) is 20.8 Å². The van der Waals surface area contributed by atoms with Crippen molar-refractivity contribution in [2.24, 2.45) is 0 Å². The molecule has 4 aromatic rings. The van der Waals surface area contributed by atoms with Crippen LogP contribution in [-0.2, 0) is 32.7 Å². The lowest BCUT2D eigenvalue weighted by Crippen LogP contribution is -2.45. The number of carbonyl (C=O) groups is 2. The molecule has 218 valence electrons. The van der Waals surface area contributed by atoms with E-state index >= 15 is 0 Å². The lowest BCUT2D eigenvalue weighted by molar-refractivity contribution is -0.157. The van der Waals surface area contributed by atoms with Gasteiger partial charge in [-0.1, -0.05) is 99.6 Å². The van der Waals surface area contributed by atoms with Crippen molar-refractivity contribution in [3.63, 3.8) is 0 Å². The monoisotopic (exact) mass is 565 g/mol. The number of esters is 1. The Labute approximate surface area is 248 Å². The summed E-state index contributed by atoms with van der Waals surface area (Å²) >= 11 is 0. The Morgan fingerprint density at radius 2 is 1.33 bits per heavy atom. The average molecular weight is 566 g/mol. The lowest BCUT2D eigenvalue weighted by atomic mass is 9.86. The first-order valence-electron chi connectivity index (χ1n) is 14.1. The number of aromatic nitrogens is 2. The van der Waals surface area contributed by atoms with Gasteiger partial charge in [0.15, 0.2) is 5.82 Å². The van der Waals surface area contributed by atoms with E-state index in [1.165, 1.54) is 5.56 Å². The molecule has 42 heavy (non-hydrogen) atoms. The fourth-order valence-corrected chi connectivity index (χ4v) is 4.29. The molecule has 7 heteroatoms. The van der Waals surface area contributed by atoms with E-state index in [0.29, 0.717) is 5.82 Å². The molecule has 1 aromatic heterocycles. The predicted molar refractivity (Wildman–Crippen MR) is 165 cm³/mol. The molecule has 0 aliphatic heterocycles. The molecule has 0 aliphatic carbocycles. The number of carbonyl (C=O) groups excluding carboxylic acids is 2. The van der Waals surface area contributed by atoms with Gasteiger partial charge in [0.05, 0.1) is 0 Å². The van der Waals surface area contributed by atoms with Gasteiger partial charge in [-0.2, -0.15) is 0 Å². The maximum Gasteiger partial charge on any atom is 0.408 e. The third-order valence-electron chi connectivity index (χ3n) is 6.58. The maximum atomic E-state index is 13.0. The van der Waals surface area contributed by atoms with Crippen molar-refractivity contribution in [2.45, 2.75) is 71.6 Å². The summed E-state index contributed by atoms with van der Waals surface area (Å²) in [6.07, 6.45) is 3.20. The van der Waals surface area contributed by atoms with Crippen molar-refractivity contribution in [3.05, 3.63) is 108 Å². The number of nitrogens with one attached hydrogen (secondary N) is 1. The Kier molecular flexibility index (Phi) is 9.41. The summed E-state index contributed by atoms with van der Waals surface area (Å²) in [4.78, 5) is 34.7. The van der Waals surface area contributed by atoms with Crippen LogP contribution in [0, 0.1) is 0 Å². The van der Waals surface area contributed by atoms with Crippen LogP contribution < -0.4 is 5.32 Å². The Morgan fingerprint density at radius 1 is 0.738 bits per heavy atom. The number of hydrogen-bond donors (Lipinski definition) is 1. The van der Waals surface area contributed by atoms with E-state index < -0.39 is 23.7 Å². The van der Waals surface area contributed by atoms with Crippen molar-refractivity contribution in [1.82, 2.24) is 15.3 Å². The van der Waals surface area contributed by atoms with Gasteiger partial charge >= 0.3 is 12.1 Å². The molecular formula is C35H39N3O4. The fraction of sp³-hybridized carbons (Fsp3) is 0.314. The quantitative estimate of drug-likeness (QED) is 0.226. The number of benzene rings is 3. The van der Waals surface area contributed by atoms with Gasteiger partial charge in [0, 0.05) is 29.9 Å². The second-order valence-electron chi connectivity index (χ2n) is 12.3. The fourth-order valence-electron chi connectivity index (χ4n) is 4.29. The zero-order valence-corrected chi connectivity index (χ0v) is 25.2. The van der Waals surface area contributed by atoms with Crippen LogP contribution in [0.25, 0.3) is 22.5 Å². The van der Waals surface area contributed by atoms with E-state index in [2.05, 4.69) is 60.3 Å². The Morgan fingerprint density at radius 3 is 1.90 bits per heavy atom. The summed E-state index contributed by atoms with van der Waals surface area (Å²) in [6.45, 7) is 12.1. The summed E-state index contributed by atoms with van der Waals surface area (Å²) in [5, 5.41) is 2.68. The van der Waals surface area contributed by atoms with E-state index in [1.807, 2.05) is 67.0 Å². The summed E-state index contributed by atoms with van der Waals surface area (Å²) in [5.74, 6) is 0.0700. The molecule has 4 rings (SSSR count). The van der Waals surface area contributed by atoms with Crippen LogP contribution in [0.2, 0.25) is 0 Å². The molecule has 1 N–H and O–H groups in total. The molecule has 0 spiro atoms. The third kappa shape index (κ3) is 8.74. The van der Waals surface area contributed by atoms with Crippen LogP contribution in [0.1, 0.15) is 58.2 Å². The van der Waals surface area contributed by atoms with E-state index in [4.69, 9.17) is 9.47 Å². The van der Waals surface area contributed by atoms with Crippen LogP contribution in [0.5, 0.6) is 0 Å².